The molecule has 0 aromatic rings. The van der Waals surface area contributed by atoms with Crippen molar-refractivity contribution in [3.63, 3.8) is 0 Å². The molecular weight excluding hydrogens is 162 g/mol. The fourth-order valence-corrected chi connectivity index (χ4v) is 2.09. The Hall–Kier alpha value is -0.220. The van der Waals surface area contributed by atoms with Gasteiger partial charge in [0.15, 0.2) is 5.25 Å². The van der Waals surface area contributed by atoms with Crippen molar-refractivity contribution in [2.24, 2.45) is 0 Å². The van der Waals surface area contributed by atoms with Crippen molar-refractivity contribution < 1.29 is 14.8 Å². The lowest BCUT2D eigenvalue weighted by Crippen LogP contribution is -2.88. The van der Waals surface area contributed by atoms with Gasteiger partial charge in [0.25, 0.3) is 0 Å². The molecule has 1 saturated heterocycles. The summed E-state index contributed by atoms with van der Waals surface area (Å²) in [5, 5.41) is 2.24. The van der Waals surface area contributed by atoms with Gasteiger partial charge in [0, 0.05) is 5.75 Å². The first-order valence-electron chi connectivity index (χ1n) is 3.94. The number of ether oxygens (including phenoxy) is 1. The van der Waals surface area contributed by atoms with Crippen LogP contribution in [0.5, 0.6) is 0 Å². The van der Waals surface area contributed by atoms with Crippen molar-refractivity contribution in [1.82, 2.24) is 0 Å². The van der Waals surface area contributed by atoms with Gasteiger partial charge in [-0.05, 0) is 6.92 Å². The molecule has 1 atom stereocenters. The number of esters is 1. The average Bonchev–Trinajstić information content (AvgIpc) is 2.07. The number of rotatable bonds is 2. The minimum atomic E-state index is -0.0477. The average molecular weight is 176 g/mol. The Morgan fingerprint density at radius 3 is 3.18 bits per heavy atom. The molecule has 11 heavy (non-hydrogen) atoms. The fraction of sp³-hybridized carbons (Fsp3) is 0.857. The predicted octanol–water partition coefficient (Wildman–Crippen LogP) is -0.772. The summed E-state index contributed by atoms with van der Waals surface area (Å²) in [7, 11) is 0. The van der Waals surface area contributed by atoms with Gasteiger partial charge >= 0.3 is 5.97 Å². The van der Waals surface area contributed by atoms with Crippen molar-refractivity contribution in [1.29, 1.82) is 0 Å². The Kier molecular flexibility index (Phi) is 3.72. The number of quaternary nitrogens is 1. The molecule has 0 spiro atoms. The maximum absolute atomic E-state index is 11.1. The molecule has 1 aliphatic heterocycles. The Bertz CT molecular complexity index is 134. The standard InChI is InChI=1S/C7H13NO2S/c1-2-10-7(9)6-5-8-3-4-11-6/h6,8H,2-5H2,1H3/p+1/t6-/m1/s1. The quantitative estimate of drug-likeness (QED) is 0.562. The normalized spacial score (nSPS) is 24.6. The first kappa shape index (κ1) is 8.87. The van der Waals surface area contributed by atoms with E-state index in [0.717, 1.165) is 18.8 Å². The summed E-state index contributed by atoms with van der Waals surface area (Å²) in [4.78, 5) is 11.1. The molecule has 3 nitrogen and oxygen atoms in total. The summed E-state index contributed by atoms with van der Waals surface area (Å²) in [5.74, 6) is 1.01. The molecular formula is C7H14NO2S+. The topological polar surface area (TPSA) is 42.9 Å². The van der Waals surface area contributed by atoms with Crippen LogP contribution in [-0.4, -0.2) is 36.7 Å². The number of carbonyl (C=O) groups excluding carboxylic acids is 1. The Balaban J connectivity index is 2.27. The predicted molar refractivity (Wildman–Crippen MR) is 44.5 cm³/mol. The molecule has 0 amide bonds. The van der Waals surface area contributed by atoms with Crippen LogP contribution < -0.4 is 5.32 Å². The van der Waals surface area contributed by atoms with Crippen LogP contribution in [0.25, 0.3) is 0 Å². The highest BCUT2D eigenvalue weighted by Crippen LogP contribution is 2.11. The van der Waals surface area contributed by atoms with Crippen LogP contribution in [0.4, 0.5) is 0 Å². The minimum Gasteiger partial charge on any atom is -0.465 e. The summed E-state index contributed by atoms with van der Waals surface area (Å²) in [6.45, 7) is 4.34. The number of nitrogens with two attached hydrogens (primary N) is 1. The van der Waals surface area contributed by atoms with Crippen LogP contribution >= 0.6 is 11.8 Å². The van der Waals surface area contributed by atoms with Gasteiger partial charge in [0.1, 0.15) is 0 Å². The van der Waals surface area contributed by atoms with Crippen LogP contribution in [0.1, 0.15) is 6.92 Å². The SMILES string of the molecule is CCOC(=O)[C@H]1C[NH2+]CCS1. The third-order valence-electron chi connectivity index (χ3n) is 1.57. The third kappa shape index (κ3) is 2.71. The van der Waals surface area contributed by atoms with Gasteiger partial charge < -0.3 is 10.1 Å². The monoisotopic (exact) mass is 176 g/mol. The largest absolute Gasteiger partial charge is 0.465 e. The van der Waals surface area contributed by atoms with E-state index in [-0.39, 0.29) is 11.2 Å². The van der Waals surface area contributed by atoms with Crippen molar-refractivity contribution in [3.8, 4) is 0 Å². The van der Waals surface area contributed by atoms with Crippen LogP contribution in [0.15, 0.2) is 0 Å². The summed E-state index contributed by atoms with van der Waals surface area (Å²) < 4.78 is 4.90. The fourth-order valence-electron chi connectivity index (χ4n) is 1.03. The Labute approximate surface area is 70.9 Å². The van der Waals surface area contributed by atoms with Crippen LogP contribution in [-0.2, 0) is 9.53 Å². The highest BCUT2D eigenvalue weighted by atomic mass is 32.2. The van der Waals surface area contributed by atoms with E-state index in [9.17, 15) is 4.79 Å². The van der Waals surface area contributed by atoms with Gasteiger partial charge in [0.05, 0.1) is 19.7 Å². The molecule has 64 valence electrons. The molecule has 0 unspecified atom stereocenters. The summed E-state index contributed by atoms with van der Waals surface area (Å²) >= 11 is 1.71. The van der Waals surface area contributed by atoms with Gasteiger partial charge in [-0.3, -0.25) is 4.79 Å². The lowest BCUT2D eigenvalue weighted by molar-refractivity contribution is -0.650. The lowest BCUT2D eigenvalue weighted by atomic mass is 10.4. The minimum absolute atomic E-state index is 0.0477. The van der Waals surface area contributed by atoms with Crippen molar-refractivity contribution in [2.45, 2.75) is 12.2 Å². The molecule has 4 heteroatoms. The van der Waals surface area contributed by atoms with Crippen molar-refractivity contribution in [2.75, 3.05) is 25.4 Å². The second kappa shape index (κ2) is 4.62. The van der Waals surface area contributed by atoms with Gasteiger partial charge in [-0.25, -0.2) is 0 Å². The second-order valence-electron chi connectivity index (χ2n) is 2.42. The Morgan fingerprint density at radius 2 is 2.64 bits per heavy atom. The molecule has 1 heterocycles. The van der Waals surface area contributed by atoms with E-state index in [1.54, 1.807) is 11.8 Å². The molecule has 0 saturated carbocycles. The van der Waals surface area contributed by atoms with E-state index >= 15 is 0 Å². The van der Waals surface area contributed by atoms with Gasteiger partial charge in [0.2, 0.25) is 0 Å². The van der Waals surface area contributed by atoms with E-state index in [0.29, 0.717) is 6.61 Å². The van der Waals surface area contributed by atoms with Gasteiger partial charge in [-0.1, -0.05) is 0 Å². The molecule has 1 rings (SSSR count). The van der Waals surface area contributed by atoms with Crippen molar-refractivity contribution in [3.05, 3.63) is 0 Å². The third-order valence-corrected chi connectivity index (χ3v) is 2.83. The zero-order chi connectivity index (χ0) is 8.10. The van der Waals surface area contributed by atoms with E-state index in [4.69, 9.17) is 4.74 Å². The molecule has 0 aromatic carbocycles. The zero-order valence-electron chi connectivity index (χ0n) is 6.71. The van der Waals surface area contributed by atoms with Crippen LogP contribution in [0, 0.1) is 0 Å². The van der Waals surface area contributed by atoms with E-state index < -0.39 is 0 Å². The Morgan fingerprint density at radius 1 is 1.82 bits per heavy atom. The van der Waals surface area contributed by atoms with E-state index in [1.807, 2.05) is 6.92 Å². The maximum Gasteiger partial charge on any atom is 0.324 e. The van der Waals surface area contributed by atoms with Gasteiger partial charge in [-0.2, -0.15) is 0 Å². The number of hydrogen-bond acceptors (Lipinski definition) is 3. The molecule has 2 N–H and O–H groups in total. The zero-order valence-corrected chi connectivity index (χ0v) is 7.52. The molecule has 0 aliphatic carbocycles. The summed E-state index contributed by atoms with van der Waals surface area (Å²) in [5.41, 5.74) is 0. The highest BCUT2D eigenvalue weighted by molar-refractivity contribution is 8.00. The number of thioether (sulfide) groups is 1. The first-order chi connectivity index (χ1) is 5.34. The maximum atomic E-state index is 11.1. The molecule has 0 aromatic heterocycles. The molecule has 0 radical (unpaired) electrons. The molecule has 1 fully saturated rings. The van der Waals surface area contributed by atoms with Crippen LogP contribution in [0.3, 0.4) is 0 Å². The van der Waals surface area contributed by atoms with E-state index in [1.165, 1.54) is 0 Å². The van der Waals surface area contributed by atoms with Crippen LogP contribution in [0.2, 0.25) is 0 Å². The summed E-state index contributed by atoms with van der Waals surface area (Å²) in [6, 6.07) is 0. The molecule has 0 bridgehead atoms. The first-order valence-corrected chi connectivity index (χ1v) is 4.99. The van der Waals surface area contributed by atoms with Crippen molar-refractivity contribution >= 4 is 17.7 Å². The highest BCUT2D eigenvalue weighted by Gasteiger charge is 2.24. The lowest BCUT2D eigenvalue weighted by Gasteiger charge is -2.17. The van der Waals surface area contributed by atoms with E-state index in [2.05, 4.69) is 5.32 Å². The summed E-state index contributed by atoms with van der Waals surface area (Å²) in [6.07, 6.45) is 0. The molecule has 1 aliphatic rings. The number of hydrogen-bond donors (Lipinski definition) is 1. The van der Waals surface area contributed by atoms with Gasteiger partial charge in [-0.15, -0.1) is 11.8 Å². The smallest absolute Gasteiger partial charge is 0.324 e. The number of carbonyl (C=O) groups is 1. The second-order valence-corrected chi connectivity index (χ2v) is 3.74.